The number of imidazole rings is 1. The van der Waals surface area contributed by atoms with Gasteiger partial charge in [-0.1, -0.05) is 0 Å². The summed E-state index contributed by atoms with van der Waals surface area (Å²) >= 11 is 0. The van der Waals surface area contributed by atoms with Crippen molar-refractivity contribution in [2.75, 3.05) is 6.54 Å². The Bertz CT molecular complexity index is 636. The molecule has 0 fully saturated rings. The van der Waals surface area contributed by atoms with Gasteiger partial charge in [0.05, 0.1) is 5.69 Å². The Labute approximate surface area is 123 Å². The van der Waals surface area contributed by atoms with E-state index in [1.54, 1.807) is 0 Å². The Hall–Kier alpha value is -1.75. The van der Waals surface area contributed by atoms with Gasteiger partial charge in [0.1, 0.15) is 17.5 Å². The highest BCUT2D eigenvalue weighted by Gasteiger charge is 2.22. The normalized spacial score (nSPS) is 17.8. The third kappa shape index (κ3) is 3.13. The largest absolute Gasteiger partial charge is 0.334 e. The van der Waals surface area contributed by atoms with Gasteiger partial charge in [0.15, 0.2) is 0 Å². The third-order valence-corrected chi connectivity index (χ3v) is 3.96. The maximum atomic E-state index is 13.6. The Morgan fingerprint density at radius 2 is 2.24 bits per heavy atom. The summed E-state index contributed by atoms with van der Waals surface area (Å²) in [6.07, 6.45) is 4.28. The molecule has 0 radical (unpaired) electrons. The van der Waals surface area contributed by atoms with Gasteiger partial charge in [-0.2, -0.15) is 0 Å². The summed E-state index contributed by atoms with van der Waals surface area (Å²) < 4.78 is 28.9. The molecule has 1 N–H and O–H groups in total. The summed E-state index contributed by atoms with van der Waals surface area (Å²) in [5, 5.41) is 3.23. The lowest BCUT2D eigenvalue weighted by Gasteiger charge is -2.23. The fourth-order valence-corrected chi connectivity index (χ4v) is 2.96. The van der Waals surface area contributed by atoms with E-state index in [4.69, 9.17) is 0 Å². The number of rotatable bonds is 4. The van der Waals surface area contributed by atoms with Crippen LogP contribution in [-0.4, -0.2) is 16.1 Å². The summed E-state index contributed by atoms with van der Waals surface area (Å²) in [4.78, 5) is 4.58. The molecule has 21 heavy (non-hydrogen) atoms. The Morgan fingerprint density at radius 1 is 1.38 bits per heavy atom. The van der Waals surface area contributed by atoms with Crippen LogP contribution in [-0.2, 0) is 13.1 Å². The van der Waals surface area contributed by atoms with E-state index in [-0.39, 0.29) is 5.82 Å². The van der Waals surface area contributed by atoms with Gasteiger partial charge >= 0.3 is 0 Å². The van der Waals surface area contributed by atoms with Crippen molar-refractivity contribution in [3.05, 3.63) is 53.1 Å². The average Bonchev–Trinajstić information content (AvgIpc) is 2.84. The molecule has 0 bridgehead atoms. The van der Waals surface area contributed by atoms with Gasteiger partial charge in [-0.05, 0) is 38.0 Å². The molecule has 3 nitrogen and oxygen atoms in total. The van der Waals surface area contributed by atoms with Crippen molar-refractivity contribution in [2.45, 2.75) is 38.8 Å². The first kappa shape index (κ1) is 14.2. The van der Waals surface area contributed by atoms with Crippen molar-refractivity contribution in [1.82, 2.24) is 14.9 Å². The van der Waals surface area contributed by atoms with Crippen LogP contribution in [0.15, 0.2) is 24.4 Å². The fraction of sp³-hybridized carbons (Fsp3) is 0.438. The molecule has 2 heterocycles. The van der Waals surface area contributed by atoms with Crippen LogP contribution < -0.4 is 5.32 Å². The van der Waals surface area contributed by atoms with E-state index in [1.165, 1.54) is 12.1 Å². The highest BCUT2D eigenvalue weighted by molar-refractivity contribution is 5.18. The Balaban J connectivity index is 1.62. The molecule has 0 aliphatic carbocycles. The summed E-state index contributed by atoms with van der Waals surface area (Å²) in [6, 6.07) is 3.55. The van der Waals surface area contributed by atoms with E-state index >= 15 is 0 Å². The monoisotopic (exact) mass is 291 g/mol. The second-order valence-corrected chi connectivity index (χ2v) is 5.64. The van der Waals surface area contributed by atoms with Crippen LogP contribution in [0.4, 0.5) is 8.78 Å². The number of fused-ring (bicyclic) bond motifs is 1. The topological polar surface area (TPSA) is 29.9 Å². The first-order valence-electron chi connectivity index (χ1n) is 7.32. The van der Waals surface area contributed by atoms with E-state index < -0.39 is 5.82 Å². The molecule has 1 aromatic heterocycles. The second kappa shape index (κ2) is 5.93. The molecule has 1 aromatic carbocycles. The number of benzene rings is 1. The maximum absolute atomic E-state index is 13.6. The van der Waals surface area contributed by atoms with Crippen LogP contribution in [0.5, 0.6) is 0 Å². The molecule has 0 amide bonds. The number of halogens is 2. The number of hydrogen-bond donors (Lipinski definition) is 1. The SMILES string of the molecule is Cc1cn2c(n1)[C@H](CNCc1cc(F)ccc1F)CCC2. The lowest BCUT2D eigenvalue weighted by molar-refractivity contribution is 0.421. The van der Waals surface area contributed by atoms with Crippen LogP contribution in [0, 0.1) is 18.6 Å². The number of hydrogen-bond acceptors (Lipinski definition) is 2. The minimum Gasteiger partial charge on any atom is -0.334 e. The highest BCUT2D eigenvalue weighted by Crippen LogP contribution is 2.26. The van der Waals surface area contributed by atoms with Gasteiger partial charge in [0.2, 0.25) is 0 Å². The lowest BCUT2D eigenvalue weighted by atomic mass is 9.99. The van der Waals surface area contributed by atoms with Crippen molar-refractivity contribution < 1.29 is 8.78 Å². The molecule has 0 saturated heterocycles. The zero-order valence-corrected chi connectivity index (χ0v) is 12.1. The average molecular weight is 291 g/mol. The van der Waals surface area contributed by atoms with Crippen molar-refractivity contribution in [1.29, 1.82) is 0 Å². The summed E-state index contributed by atoms with van der Waals surface area (Å²) in [5.74, 6) is 0.664. The molecule has 112 valence electrons. The molecule has 1 atom stereocenters. The molecule has 0 spiro atoms. The van der Waals surface area contributed by atoms with Crippen LogP contribution in [0.2, 0.25) is 0 Å². The van der Waals surface area contributed by atoms with Gasteiger partial charge in [-0.3, -0.25) is 0 Å². The molecule has 2 aromatic rings. The van der Waals surface area contributed by atoms with E-state index in [1.807, 2.05) is 6.92 Å². The van der Waals surface area contributed by atoms with E-state index in [0.717, 1.165) is 43.5 Å². The van der Waals surface area contributed by atoms with Gasteiger partial charge in [-0.15, -0.1) is 0 Å². The van der Waals surface area contributed by atoms with Gasteiger partial charge < -0.3 is 9.88 Å². The van der Waals surface area contributed by atoms with Crippen molar-refractivity contribution in [2.24, 2.45) is 0 Å². The van der Waals surface area contributed by atoms with Crippen LogP contribution in [0.3, 0.4) is 0 Å². The predicted octanol–water partition coefficient (Wildman–Crippen LogP) is 3.14. The molecule has 1 aliphatic rings. The molecule has 0 saturated carbocycles. The van der Waals surface area contributed by atoms with Crippen LogP contribution in [0.25, 0.3) is 0 Å². The van der Waals surface area contributed by atoms with E-state index in [0.29, 0.717) is 18.0 Å². The van der Waals surface area contributed by atoms with Crippen LogP contribution >= 0.6 is 0 Å². The minimum atomic E-state index is -0.406. The Morgan fingerprint density at radius 3 is 3.10 bits per heavy atom. The minimum absolute atomic E-state index is 0.333. The fourth-order valence-electron chi connectivity index (χ4n) is 2.96. The molecule has 1 aliphatic heterocycles. The molecule has 3 rings (SSSR count). The molecular formula is C16H19F2N3. The third-order valence-electron chi connectivity index (χ3n) is 3.96. The lowest BCUT2D eigenvalue weighted by Crippen LogP contribution is -2.26. The first-order chi connectivity index (χ1) is 10.1. The number of nitrogens with one attached hydrogen (secondary N) is 1. The Kier molecular flexibility index (Phi) is 4.01. The number of nitrogens with zero attached hydrogens (tertiary/aromatic N) is 2. The number of aryl methyl sites for hydroxylation is 2. The first-order valence-corrected chi connectivity index (χ1v) is 7.32. The zero-order valence-electron chi connectivity index (χ0n) is 12.1. The van der Waals surface area contributed by atoms with Crippen molar-refractivity contribution in [3.8, 4) is 0 Å². The quantitative estimate of drug-likeness (QED) is 0.938. The highest BCUT2D eigenvalue weighted by atomic mass is 19.1. The standard InChI is InChI=1S/C16H19F2N3/c1-11-10-21-6-2-3-12(16(21)20-11)8-19-9-13-7-14(17)4-5-15(13)18/h4-5,7,10,12,19H,2-3,6,8-9H2,1H3/t12-/m0/s1. The molecular weight excluding hydrogens is 272 g/mol. The molecule has 5 heteroatoms. The summed E-state index contributed by atoms with van der Waals surface area (Å²) in [5.41, 5.74) is 1.40. The maximum Gasteiger partial charge on any atom is 0.127 e. The number of aromatic nitrogens is 2. The smallest absolute Gasteiger partial charge is 0.127 e. The van der Waals surface area contributed by atoms with Crippen molar-refractivity contribution >= 4 is 0 Å². The van der Waals surface area contributed by atoms with Crippen molar-refractivity contribution in [3.63, 3.8) is 0 Å². The van der Waals surface area contributed by atoms with Gasteiger partial charge in [0, 0.05) is 37.3 Å². The summed E-state index contributed by atoms with van der Waals surface area (Å²) in [7, 11) is 0. The van der Waals surface area contributed by atoms with E-state index in [9.17, 15) is 8.78 Å². The van der Waals surface area contributed by atoms with Gasteiger partial charge in [0.25, 0.3) is 0 Å². The van der Waals surface area contributed by atoms with E-state index in [2.05, 4.69) is 21.1 Å². The predicted molar refractivity (Wildman–Crippen MR) is 77.0 cm³/mol. The zero-order chi connectivity index (χ0) is 14.8. The summed E-state index contributed by atoms with van der Waals surface area (Å²) in [6.45, 7) is 4.08. The van der Waals surface area contributed by atoms with Gasteiger partial charge in [-0.25, -0.2) is 13.8 Å². The second-order valence-electron chi connectivity index (χ2n) is 5.64. The molecule has 0 unspecified atom stereocenters. The van der Waals surface area contributed by atoms with Crippen LogP contribution in [0.1, 0.15) is 35.8 Å².